The lowest BCUT2D eigenvalue weighted by atomic mass is 10.2. The third kappa shape index (κ3) is 4.10. The summed E-state index contributed by atoms with van der Waals surface area (Å²) in [5.74, 6) is 0.493. The number of hydrazine groups is 1. The molecule has 1 aromatic rings. The van der Waals surface area contributed by atoms with Crippen molar-refractivity contribution in [2.24, 2.45) is 0 Å². The molecule has 0 aliphatic rings. The van der Waals surface area contributed by atoms with Crippen LogP contribution in [-0.4, -0.2) is 17.4 Å². The Morgan fingerprint density at radius 3 is 2.75 bits per heavy atom. The lowest BCUT2D eigenvalue weighted by molar-refractivity contribution is -0.121. The molecule has 0 spiro atoms. The van der Waals surface area contributed by atoms with E-state index in [0.717, 1.165) is 18.4 Å². The van der Waals surface area contributed by atoms with E-state index < -0.39 is 0 Å². The number of halogens is 1. The molecule has 0 atom stereocenters. The summed E-state index contributed by atoms with van der Waals surface area (Å²) in [6.45, 7) is 6.30. The number of amides is 1. The summed E-state index contributed by atoms with van der Waals surface area (Å²) in [6.07, 6.45) is 2.31. The first-order chi connectivity index (χ1) is 9.53. The molecule has 0 aliphatic heterocycles. The SMILES string of the molecule is CCCCC(=O)NN(CC)c1cc(C)c(C#N)c(Cl)n1. The van der Waals surface area contributed by atoms with Crippen molar-refractivity contribution in [3.8, 4) is 6.07 Å². The highest BCUT2D eigenvalue weighted by Gasteiger charge is 2.14. The number of unbranched alkanes of at least 4 members (excludes halogenated alkanes) is 1. The number of hydrogen-bond acceptors (Lipinski definition) is 4. The summed E-state index contributed by atoms with van der Waals surface area (Å²) >= 11 is 5.98. The molecule has 1 amide bonds. The molecule has 5 nitrogen and oxygen atoms in total. The van der Waals surface area contributed by atoms with Gasteiger partial charge in [-0.15, -0.1) is 0 Å². The van der Waals surface area contributed by atoms with Crippen LogP contribution in [0, 0.1) is 18.3 Å². The van der Waals surface area contributed by atoms with Crippen LogP contribution in [0.1, 0.15) is 44.2 Å². The van der Waals surface area contributed by atoms with E-state index in [-0.39, 0.29) is 11.1 Å². The number of aryl methyl sites for hydroxylation is 1. The van der Waals surface area contributed by atoms with Crippen LogP contribution in [0.3, 0.4) is 0 Å². The molecule has 1 N–H and O–H groups in total. The highest BCUT2D eigenvalue weighted by molar-refractivity contribution is 6.30. The van der Waals surface area contributed by atoms with Crippen molar-refractivity contribution in [1.29, 1.82) is 5.26 Å². The molecule has 1 aromatic heterocycles. The average Bonchev–Trinajstić information content (AvgIpc) is 2.42. The Balaban J connectivity index is 2.91. The molecule has 0 aromatic carbocycles. The molecule has 0 saturated heterocycles. The second-order valence-electron chi connectivity index (χ2n) is 4.46. The third-order valence-electron chi connectivity index (χ3n) is 2.88. The molecule has 0 radical (unpaired) electrons. The largest absolute Gasteiger partial charge is 0.273 e. The molecule has 0 unspecified atom stereocenters. The number of rotatable bonds is 6. The van der Waals surface area contributed by atoms with E-state index in [1.807, 2.05) is 19.9 Å². The highest BCUT2D eigenvalue weighted by atomic mass is 35.5. The molecule has 0 bridgehead atoms. The van der Waals surface area contributed by atoms with Gasteiger partial charge in [-0.2, -0.15) is 5.26 Å². The van der Waals surface area contributed by atoms with Crippen LogP contribution in [-0.2, 0) is 4.79 Å². The quantitative estimate of drug-likeness (QED) is 0.647. The monoisotopic (exact) mass is 294 g/mol. The van der Waals surface area contributed by atoms with E-state index >= 15 is 0 Å². The standard InChI is InChI=1S/C14H19ClN4O/c1-4-6-7-13(20)18-19(5-2)12-8-10(3)11(9-16)14(15)17-12/h8H,4-7H2,1-3H3,(H,18,20). The van der Waals surface area contributed by atoms with Gasteiger partial charge in [-0.1, -0.05) is 24.9 Å². The number of anilines is 1. The molecule has 0 fully saturated rings. The number of pyridine rings is 1. The van der Waals surface area contributed by atoms with E-state index in [1.54, 1.807) is 18.0 Å². The van der Waals surface area contributed by atoms with Crippen LogP contribution < -0.4 is 10.4 Å². The lowest BCUT2D eigenvalue weighted by Crippen LogP contribution is -2.42. The first-order valence-corrected chi connectivity index (χ1v) is 7.05. The summed E-state index contributed by atoms with van der Waals surface area (Å²) in [6, 6.07) is 3.76. The topological polar surface area (TPSA) is 69.0 Å². The second kappa shape index (κ2) is 7.71. The number of carbonyl (C=O) groups is 1. The summed E-state index contributed by atoms with van der Waals surface area (Å²) < 4.78 is 0. The molecule has 1 heterocycles. The normalized spacial score (nSPS) is 9.95. The number of nitrogens with zero attached hydrogens (tertiary/aromatic N) is 3. The Morgan fingerprint density at radius 1 is 1.55 bits per heavy atom. The Kier molecular flexibility index (Phi) is 6.26. The van der Waals surface area contributed by atoms with Gasteiger partial charge >= 0.3 is 0 Å². The van der Waals surface area contributed by atoms with Gasteiger partial charge < -0.3 is 0 Å². The van der Waals surface area contributed by atoms with Crippen molar-refractivity contribution in [3.05, 3.63) is 22.3 Å². The molecular weight excluding hydrogens is 276 g/mol. The van der Waals surface area contributed by atoms with Gasteiger partial charge in [-0.3, -0.25) is 15.2 Å². The minimum atomic E-state index is -0.0476. The maximum absolute atomic E-state index is 11.8. The van der Waals surface area contributed by atoms with Gasteiger partial charge in [0, 0.05) is 13.0 Å². The second-order valence-corrected chi connectivity index (χ2v) is 4.82. The van der Waals surface area contributed by atoms with E-state index in [2.05, 4.69) is 10.4 Å². The zero-order chi connectivity index (χ0) is 15.1. The van der Waals surface area contributed by atoms with E-state index in [9.17, 15) is 4.79 Å². The van der Waals surface area contributed by atoms with Crippen molar-refractivity contribution in [2.75, 3.05) is 11.6 Å². The maximum Gasteiger partial charge on any atom is 0.238 e. The molecule has 0 saturated carbocycles. The fourth-order valence-corrected chi connectivity index (χ4v) is 2.01. The van der Waals surface area contributed by atoms with Crippen LogP contribution in [0.2, 0.25) is 5.15 Å². The molecule has 6 heteroatoms. The van der Waals surface area contributed by atoms with Crippen molar-refractivity contribution in [2.45, 2.75) is 40.0 Å². The van der Waals surface area contributed by atoms with E-state index in [0.29, 0.717) is 24.3 Å². The van der Waals surface area contributed by atoms with Gasteiger partial charge in [0.1, 0.15) is 17.0 Å². The number of nitrogens with one attached hydrogen (secondary N) is 1. The van der Waals surface area contributed by atoms with Crippen LogP contribution in [0.4, 0.5) is 5.82 Å². The number of nitriles is 1. The minimum absolute atomic E-state index is 0.0476. The fourth-order valence-electron chi connectivity index (χ4n) is 1.73. The molecule has 108 valence electrons. The van der Waals surface area contributed by atoms with Crippen LogP contribution in [0.5, 0.6) is 0 Å². The van der Waals surface area contributed by atoms with Gasteiger partial charge in [0.15, 0.2) is 0 Å². The minimum Gasteiger partial charge on any atom is -0.273 e. The first-order valence-electron chi connectivity index (χ1n) is 6.67. The van der Waals surface area contributed by atoms with Crippen molar-refractivity contribution in [3.63, 3.8) is 0 Å². The van der Waals surface area contributed by atoms with Crippen LogP contribution >= 0.6 is 11.6 Å². The molecule has 20 heavy (non-hydrogen) atoms. The Bertz CT molecular complexity index is 501. The number of aromatic nitrogens is 1. The van der Waals surface area contributed by atoms with Crippen molar-refractivity contribution in [1.82, 2.24) is 10.4 Å². The van der Waals surface area contributed by atoms with Crippen LogP contribution in [0.25, 0.3) is 0 Å². The van der Waals surface area contributed by atoms with Gasteiger partial charge in [0.25, 0.3) is 0 Å². The Hall–Kier alpha value is -1.80. The average molecular weight is 295 g/mol. The van der Waals surface area contributed by atoms with Crippen molar-refractivity contribution >= 4 is 23.3 Å². The van der Waals surface area contributed by atoms with Crippen molar-refractivity contribution < 1.29 is 4.79 Å². The van der Waals surface area contributed by atoms with E-state index in [4.69, 9.17) is 16.9 Å². The number of carbonyl (C=O) groups excluding carboxylic acids is 1. The maximum atomic E-state index is 11.8. The van der Waals surface area contributed by atoms with Gasteiger partial charge in [0.05, 0.1) is 5.56 Å². The summed E-state index contributed by atoms with van der Waals surface area (Å²) in [5, 5.41) is 10.8. The summed E-state index contributed by atoms with van der Waals surface area (Å²) in [5.41, 5.74) is 3.90. The number of hydrogen-bond donors (Lipinski definition) is 1. The lowest BCUT2D eigenvalue weighted by Gasteiger charge is -2.23. The van der Waals surface area contributed by atoms with Gasteiger partial charge in [-0.25, -0.2) is 4.98 Å². The fraction of sp³-hybridized carbons (Fsp3) is 0.500. The zero-order valence-corrected chi connectivity index (χ0v) is 12.8. The Labute approximate surface area is 124 Å². The van der Waals surface area contributed by atoms with E-state index in [1.165, 1.54) is 0 Å². The zero-order valence-electron chi connectivity index (χ0n) is 12.0. The predicted molar refractivity (Wildman–Crippen MR) is 79.4 cm³/mol. The molecule has 1 rings (SSSR count). The van der Waals surface area contributed by atoms with Gasteiger partial charge in [0.2, 0.25) is 5.91 Å². The van der Waals surface area contributed by atoms with Crippen LogP contribution in [0.15, 0.2) is 6.07 Å². The summed E-state index contributed by atoms with van der Waals surface area (Å²) in [7, 11) is 0. The van der Waals surface area contributed by atoms with Gasteiger partial charge in [-0.05, 0) is 31.9 Å². The third-order valence-corrected chi connectivity index (χ3v) is 3.15. The predicted octanol–water partition coefficient (Wildman–Crippen LogP) is 2.96. The molecular formula is C14H19ClN4O. The Morgan fingerprint density at radius 2 is 2.25 bits per heavy atom. The smallest absolute Gasteiger partial charge is 0.238 e. The first kappa shape index (κ1) is 16.3. The highest BCUT2D eigenvalue weighted by Crippen LogP contribution is 2.22. The summed E-state index contributed by atoms with van der Waals surface area (Å²) in [4.78, 5) is 15.9. The molecule has 0 aliphatic carbocycles.